The number of H-pyrrole nitrogens is 2. The molecule has 9 nitrogen and oxygen atoms in total. The molecule has 2 heterocycles. The van der Waals surface area contributed by atoms with Crippen LogP contribution in [0.2, 0.25) is 0 Å². The fraction of sp³-hybridized carbons (Fsp3) is 0.265. The Labute approximate surface area is 250 Å². The van der Waals surface area contributed by atoms with E-state index in [0.717, 1.165) is 38.5 Å². The molecule has 3 aromatic carbocycles. The summed E-state index contributed by atoms with van der Waals surface area (Å²) < 4.78 is 5.54. The smallest absolute Gasteiger partial charge is 0.329 e. The second kappa shape index (κ2) is 13.4. The summed E-state index contributed by atoms with van der Waals surface area (Å²) in [5, 5.41) is 7.65. The zero-order valence-electron chi connectivity index (χ0n) is 24.3. The minimum Gasteiger partial charge on any atom is -0.459 e. The molecule has 6 N–H and O–H groups in total. The van der Waals surface area contributed by atoms with E-state index >= 15 is 0 Å². The highest BCUT2D eigenvalue weighted by Crippen LogP contribution is 2.21. The molecule has 0 saturated heterocycles. The fourth-order valence-corrected chi connectivity index (χ4v) is 5.21. The monoisotopic (exact) mass is 579 g/mol. The molecule has 0 aliphatic heterocycles. The second-order valence-electron chi connectivity index (χ2n) is 11.1. The third-order valence-corrected chi connectivity index (χ3v) is 7.63. The number of carbonyl (C=O) groups is 3. The Bertz CT molecular complexity index is 1710. The molecule has 0 saturated carbocycles. The summed E-state index contributed by atoms with van der Waals surface area (Å²) in [6, 6.07) is 22.1. The van der Waals surface area contributed by atoms with Gasteiger partial charge in [0.05, 0.1) is 6.04 Å². The van der Waals surface area contributed by atoms with Crippen molar-refractivity contribution in [2.75, 3.05) is 0 Å². The van der Waals surface area contributed by atoms with Crippen LogP contribution in [0.1, 0.15) is 30.5 Å². The third kappa shape index (κ3) is 7.13. The average Bonchev–Trinajstić information content (AvgIpc) is 3.62. The quantitative estimate of drug-likeness (QED) is 0.141. The van der Waals surface area contributed by atoms with Gasteiger partial charge in [-0.15, -0.1) is 0 Å². The van der Waals surface area contributed by atoms with Gasteiger partial charge < -0.3 is 31.1 Å². The largest absolute Gasteiger partial charge is 0.459 e. The van der Waals surface area contributed by atoms with Crippen molar-refractivity contribution in [2.45, 2.75) is 51.4 Å². The summed E-state index contributed by atoms with van der Waals surface area (Å²) in [6.45, 7) is 3.76. The molecule has 0 bridgehead atoms. The Morgan fingerprint density at radius 1 is 0.744 bits per heavy atom. The van der Waals surface area contributed by atoms with Crippen molar-refractivity contribution in [3.05, 3.63) is 108 Å². The number of fused-ring (bicyclic) bond motifs is 2. The van der Waals surface area contributed by atoms with Crippen molar-refractivity contribution in [1.82, 2.24) is 20.6 Å². The molecule has 5 rings (SSSR count). The lowest BCUT2D eigenvalue weighted by Crippen LogP contribution is -2.56. The summed E-state index contributed by atoms with van der Waals surface area (Å²) in [5.41, 5.74) is 10.9. The maximum atomic E-state index is 13.8. The van der Waals surface area contributed by atoms with Gasteiger partial charge in [0.15, 0.2) is 0 Å². The number of hydrogen-bond donors (Lipinski definition) is 5. The van der Waals surface area contributed by atoms with Crippen molar-refractivity contribution < 1.29 is 19.1 Å². The normalized spacial score (nSPS) is 13.5. The minimum absolute atomic E-state index is 0.0942. The Balaban J connectivity index is 1.32. The highest BCUT2D eigenvalue weighted by Gasteiger charge is 2.31. The Morgan fingerprint density at radius 2 is 1.30 bits per heavy atom. The molecular formula is C34H37N5O4. The fourth-order valence-electron chi connectivity index (χ4n) is 5.21. The maximum absolute atomic E-state index is 13.8. The molecule has 2 aromatic heterocycles. The highest BCUT2D eigenvalue weighted by molar-refractivity contribution is 5.93. The molecule has 222 valence electrons. The Hall–Kier alpha value is -4.89. The Morgan fingerprint density at radius 3 is 1.91 bits per heavy atom. The summed E-state index contributed by atoms with van der Waals surface area (Å²) in [7, 11) is 0. The molecule has 43 heavy (non-hydrogen) atoms. The zero-order chi connectivity index (χ0) is 30.3. The van der Waals surface area contributed by atoms with Crippen molar-refractivity contribution in [1.29, 1.82) is 0 Å². The van der Waals surface area contributed by atoms with E-state index in [0.29, 0.717) is 0 Å². The Kier molecular flexibility index (Phi) is 9.22. The van der Waals surface area contributed by atoms with Gasteiger partial charge in [-0.2, -0.15) is 0 Å². The van der Waals surface area contributed by atoms with Crippen molar-refractivity contribution in [3.63, 3.8) is 0 Å². The first-order chi connectivity index (χ1) is 20.8. The number of esters is 1. The van der Waals surface area contributed by atoms with Crippen molar-refractivity contribution in [2.24, 2.45) is 11.7 Å². The van der Waals surface area contributed by atoms with Gasteiger partial charge in [-0.05, 0) is 41.2 Å². The number of aromatic amines is 2. The summed E-state index contributed by atoms with van der Waals surface area (Å²) in [4.78, 5) is 46.7. The van der Waals surface area contributed by atoms with E-state index in [2.05, 4.69) is 20.6 Å². The molecule has 0 fully saturated rings. The molecule has 0 aliphatic carbocycles. The molecule has 0 aliphatic rings. The molecule has 3 atom stereocenters. The van der Waals surface area contributed by atoms with Gasteiger partial charge in [-0.1, -0.05) is 80.6 Å². The van der Waals surface area contributed by atoms with Gasteiger partial charge in [-0.3, -0.25) is 9.59 Å². The number of carbonyl (C=O) groups excluding carboxylic acids is 3. The summed E-state index contributed by atoms with van der Waals surface area (Å²) >= 11 is 0. The zero-order valence-corrected chi connectivity index (χ0v) is 24.3. The van der Waals surface area contributed by atoms with Gasteiger partial charge in [0.1, 0.15) is 18.7 Å². The van der Waals surface area contributed by atoms with E-state index in [1.165, 1.54) is 0 Å². The first-order valence-electron chi connectivity index (χ1n) is 14.5. The number of nitrogens with one attached hydrogen (secondary N) is 4. The number of hydrogen-bond acceptors (Lipinski definition) is 5. The van der Waals surface area contributed by atoms with E-state index in [1.54, 1.807) is 0 Å². The number of ether oxygens (including phenoxy) is 1. The molecule has 0 radical (unpaired) electrons. The van der Waals surface area contributed by atoms with Crippen LogP contribution >= 0.6 is 0 Å². The highest BCUT2D eigenvalue weighted by atomic mass is 16.5. The minimum atomic E-state index is -0.983. The first-order valence-corrected chi connectivity index (χ1v) is 14.5. The number of para-hydroxylation sites is 2. The lowest BCUT2D eigenvalue weighted by Gasteiger charge is -2.25. The summed E-state index contributed by atoms with van der Waals surface area (Å²) in [5.74, 6) is -1.74. The van der Waals surface area contributed by atoms with Crippen LogP contribution in [0.4, 0.5) is 0 Å². The van der Waals surface area contributed by atoms with Gasteiger partial charge in [0.25, 0.3) is 0 Å². The summed E-state index contributed by atoms with van der Waals surface area (Å²) in [6.07, 6.45) is 4.17. The van der Waals surface area contributed by atoms with E-state index < -0.39 is 35.9 Å². The van der Waals surface area contributed by atoms with E-state index in [9.17, 15) is 14.4 Å². The second-order valence-corrected chi connectivity index (χ2v) is 11.1. The SMILES string of the molecule is CC(C)[C@H](NC(=O)[C@H](Cc1c[nH]c2ccccc12)NC(=O)[C@@H](N)Cc1c[nH]c2ccccc12)C(=O)OCc1ccccc1. The number of benzene rings is 3. The molecule has 9 heteroatoms. The van der Waals surface area contributed by atoms with Crippen LogP contribution in [0.25, 0.3) is 21.8 Å². The first kappa shape index (κ1) is 29.6. The van der Waals surface area contributed by atoms with Gasteiger partial charge in [-0.25, -0.2) is 4.79 Å². The predicted molar refractivity (Wildman–Crippen MR) is 167 cm³/mol. The lowest BCUT2D eigenvalue weighted by molar-refractivity contribution is -0.150. The topological polar surface area (TPSA) is 142 Å². The van der Waals surface area contributed by atoms with E-state index in [-0.39, 0.29) is 25.4 Å². The average molecular weight is 580 g/mol. The van der Waals surface area contributed by atoms with Crippen LogP contribution in [0.5, 0.6) is 0 Å². The van der Waals surface area contributed by atoms with Crippen LogP contribution in [0.15, 0.2) is 91.3 Å². The van der Waals surface area contributed by atoms with Gasteiger partial charge in [0, 0.05) is 40.6 Å². The lowest BCUT2D eigenvalue weighted by atomic mass is 10.0. The van der Waals surface area contributed by atoms with Crippen molar-refractivity contribution >= 4 is 39.6 Å². The van der Waals surface area contributed by atoms with Gasteiger partial charge in [0.2, 0.25) is 11.8 Å². The van der Waals surface area contributed by atoms with Crippen molar-refractivity contribution in [3.8, 4) is 0 Å². The number of amides is 2. The van der Waals surface area contributed by atoms with Crippen LogP contribution in [0.3, 0.4) is 0 Å². The molecule has 2 amide bonds. The number of aromatic nitrogens is 2. The van der Waals surface area contributed by atoms with E-state index in [1.807, 2.05) is 105 Å². The van der Waals surface area contributed by atoms with Crippen LogP contribution < -0.4 is 16.4 Å². The number of rotatable bonds is 12. The van der Waals surface area contributed by atoms with E-state index in [4.69, 9.17) is 10.5 Å². The molecule has 0 unspecified atom stereocenters. The molecule has 0 spiro atoms. The van der Waals surface area contributed by atoms with Crippen LogP contribution in [-0.4, -0.2) is 45.9 Å². The molecule has 5 aromatic rings. The van der Waals surface area contributed by atoms with Crippen LogP contribution in [-0.2, 0) is 38.6 Å². The standard InChI is InChI=1S/C34H37N5O4/c1-21(2)31(34(42)43-20-22-10-4-3-5-11-22)39-33(41)30(17-24-19-37-29-15-9-7-13-26(24)29)38-32(40)27(35)16-23-18-36-28-14-8-6-12-25(23)28/h3-15,18-19,21,27,30-31,36-37H,16-17,20,35H2,1-2H3,(H,38,40)(H,39,41)/t27-,30-,31-/m0/s1. The third-order valence-electron chi connectivity index (χ3n) is 7.63. The molecular weight excluding hydrogens is 542 g/mol. The van der Waals surface area contributed by atoms with Crippen LogP contribution in [0, 0.1) is 5.92 Å². The van der Waals surface area contributed by atoms with Gasteiger partial charge >= 0.3 is 5.97 Å². The maximum Gasteiger partial charge on any atom is 0.329 e. The predicted octanol–water partition coefficient (Wildman–Crippen LogP) is 4.13. The number of nitrogens with two attached hydrogens (primary N) is 1.